The summed E-state index contributed by atoms with van der Waals surface area (Å²) in [5, 5.41) is 33.3. The van der Waals surface area contributed by atoms with E-state index in [4.69, 9.17) is 5.11 Å². The van der Waals surface area contributed by atoms with Crippen molar-refractivity contribution < 1.29 is 19.8 Å². The summed E-state index contributed by atoms with van der Waals surface area (Å²) in [6, 6.07) is 7.02. The Labute approximate surface area is 174 Å². The third-order valence-electron chi connectivity index (χ3n) is 4.24. The maximum Gasteiger partial charge on any atom is 0.317 e. The number of ketones is 1. The van der Waals surface area contributed by atoms with Crippen LogP contribution in [0.3, 0.4) is 0 Å². The molecule has 0 fully saturated rings. The summed E-state index contributed by atoms with van der Waals surface area (Å²) in [6.45, 7) is 1.95. The van der Waals surface area contributed by atoms with Crippen LogP contribution in [0.15, 0.2) is 28.7 Å². The molecule has 0 spiro atoms. The van der Waals surface area contributed by atoms with E-state index in [1.165, 1.54) is 4.80 Å². The number of rotatable bonds is 9. The standard InChI is InChI=1S/C18H19BrN6O4/c1-10-15(17(29)11-3-2-4-12(19)7-11)13(9-26)21-16(10)18-22-24-25(23-18)6-5-20-8-14(27)28/h2-4,7,20-21,26H,5-6,8-9H2,1H3,(H,27,28). The predicted octanol–water partition coefficient (Wildman–Crippen LogP) is 1.14. The number of tetrazole rings is 1. The summed E-state index contributed by atoms with van der Waals surface area (Å²) < 4.78 is 0.781. The minimum atomic E-state index is -0.946. The number of benzene rings is 1. The van der Waals surface area contributed by atoms with Crippen LogP contribution in [0.1, 0.15) is 27.2 Å². The average molecular weight is 463 g/mol. The third-order valence-corrected chi connectivity index (χ3v) is 4.73. The summed E-state index contributed by atoms with van der Waals surface area (Å²) in [6.07, 6.45) is 0. The number of aromatic nitrogens is 5. The maximum atomic E-state index is 13.0. The van der Waals surface area contributed by atoms with Gasteiger partial charge in [0.05, 0.1) is 31.1 Å². The Morgan fingerprint density at radius 1 is 1.34 bits per heavy atom. The Morgan fingerprint density at radius 3 is 2.83 bits per heavy atom. The van der Waals surface area contributed by atoms with Crippen LogP contribution in [0.4, 0.5) is 0 Å². The van der Waals surface area contributed by atoms with Gasteiger partial charge in [-0.15, -0.1) is 10.2 Å². The van der Waals surface area contributed by atoms with Crippen LogP contribution < -0.4 is 5.32 Å². The van der Waals surface area contributed by atoms with Crippen LogP contribution >= 0.6 is 15.9 Å². The van der Waals surface area contributed by atoms with Crippen LogP contribution in [0, 0.1) is 6.92 Å². The molecule has 1 aromatic carbocycles. The fourth-order valence-corrected chi connectivity index (χ4v) is 3.29. The van der Waals surface area contributed by atoms with Crippen LogP contribution in [-0.4, -0.2) is 60.2 Å². The van der Waals surface area contributed by atoms with Gasteiger partial charge in [-0.25, -0.2) is 0 Å². The molecule has 0 unspecified atom stereocenters. The van der Waals surface area contributed by atoms with Crippen molar-refractivity contribution in [2.75, 3.05) is 13.1 Å². The third kappa shape index (κ3) is 4.75. The normalized spacial score (nSPS) is 11.0. The Kier molecular flexibility index (Phi) is 6.52. The number of hydrogen-bond donors (Lipinski definition) is 4. The van der Waals surface area contributed by atoms with Gasteiger partial charge in [0, 0.05) is 22.1 Å². The number of carboxylic acids is 1. The van der Waals surface area contributed by atoms with Gasteiger partial charge >= 0.3 is 5.97 Å². The molecule has 2 aromatic heterocycles. The second-order valence-corrected chi connectivity index (χ2v) is 7.17. The zero-order chi connectivity index (χ0) is 21.0. The molecule has 0 aliphatic heterocycles. The van der Waals surface area contributed by atoms with Crippen LogP contribution in [0.25, 0.3) is 11.5 Å². The summed E-state index contributed by atoms with van der Waals surface area (Å²) in [5.74, 6) is -0.886. The van der Waals surface area contributed by atoms with Crippen molar-refractivity contribution >= 4 is 27.7 Å². The zero-order valence-corrected chi connectivity index (χ0v) is 17.1. The quantitative estimate of drug-likeness (QED) is 0.273. The molecule has 0 atom stereocenters. The number of carbonyl (C=O) groups excluding carboxylic acids is 1. The number of nitrogens with one attached hydrogen (secondary N) is 2. The SMILES string of the molecule is Cc1c(-c2nnn(CCNCC(=O)O)n2)[nH]c(CO)c1C(=O)c1cccc(Br)c1. The van der Waals surface area contributed by atoms with Gasteiger partial charge in [0.1, 0.15) is 0 Å². The highest BCUT2D eigenvalue weighted by Gasteiger charge is 2.24. The number of aliphatic hydroxyl groups is 1. The van der Waals surface area contributed by atoms with E-state index in [1.807, 2.05) is 6.07 Å². The molecule has 0 radical (unpaired) electrons. The van der Waals surface area contributed by atoms with E-state index in [9.17, 15) is 14.7 Å². The molecule has 2 heterocycles. The molecule has 4 N–H and O–H groups in total. The van der Waals surface area contributed by atoms with E-state index < -0.39 is 5.97 Å². The molecule has 0 aliphatic rings. The second kappa shape index (κ2) is 9.07. The first-order chi connectivity index (χ1) is 13.9. The van der Waals surface area contributed by atoms with E-state index in [0.717, 1.165) is 4.47 Å². The minimum absolute atomic E-state index is 0.155. The lowest BCUT2D eigenvalue weighted by molar-refractivity contribution is -0.135. The monoisotopic (exact) mass is 462 g/mol. The number of nitrogens with zero attached hydrogens (tertiary/aromatic N) is 4. The van der Waals surface area contributed by atoms with Crippen molar-refractivity contribution in [2.45, 2.75) is 20.1 Å². The van der Waals surface area contributed by atoms with E-state index >= 15 is 0 Å². The number of hydrogen-bond acceptors (Lipinski definition) is 7. The lowest BCUT2D eigenvalue weighted by Crippen LogP contribution is -2.26. The summed E-state index contributed by atoms with van der Waals surface area (Å²) in [5.41, 5.74) is 2.35. The Hall–Kier alpha value is -2.89. The number of halogens is 1. The van der Waals surface area contributed by atoms with Gasteiger partial charge in [-0.05, 0) is 29.8 Å². The molecule has 152 valence electrons. The minimum Gasteiger partial charge on any atom is -0.480 e. The Bertz CT molecular complexity index is 1040. The number of carbonyl (C=O) groups is 2. The van der Waals surface area contributed by atoms with E-state index in [-0.39, 0.29) is 24.8 Å². The van der Waals surface area contributed by atoms with Gasteiger partial charge in [0.25, 0.3) is 0 Å². The number of carboxylic acid groups (broad SMARTS) is 1. The van der Waals surface area contributed by atoms with Crippen molar-refractivity contribution in [3.8, 4) is 11.5 Å². The maximum absolute atomic E-state index is 13.0. The number of aliphatic carboxylic acids is 1. The average Bonchev–Trinajstić information content (AvgIpc) is 3.28. The van der Waals surface area contributed by atoms with Gasteiger partial charge in [-0.1, -0.05) is 28.1 Å². The Morgan fingerprint density at radius 2 is 2.14 bits per heavy atom. The highest BCUT2D eigenvalue weighted by molar-refractivity contribution is 9.10. The highest BCUT2D eigenvalue weighted by atomic mass is 79.9. The van der Waals surface area contributed by atoms with E-state index in [2.05, 4.69) is 41.6 Å². The fraction of sp³-hybridized carbons (Fsp3) is 0.278. The van der Waals surface area contributed by atoms with Crippen molar-refractivity contribution in [1.29, 1.82) is 0 Å². The molecule has 0 saturated carbocycles. The first kappa shape index (κ1) is 20.8. The number of H-pyrrole nitrogens is 1. The number of aromatic amines is 1. The zero-order valence-electron chi connectivity index (χ0n) is 15.5. The second-order valence-electron chi connectivity index (χ2n) is 6.26. The molecule has 3 aromatic rings. The topological polar surface area (TPSA) is 146 Å². The first-order valence-corrected chi connectivity index (χ1v) is 9.53. The van der Waals surface area contributed by atoms with Gasteiger partial charge in [-0.3, -0.25) is 9.59 Å². The molecule has 0 saturated heterocycles. The molecule has 0 amide bonds. The van der Waals surface area contributed by atoms with Gasteiger partial charge < -0.3 is 20.5 Å². The lowest BCUT2D eigenvalue weighted by Gasteiger charge is -2.04. The predicted molar refractivity (Wildman–Crippen MR) is 106 cm³/mol. The van der Waals surface area contributed by atoms with Crippen molar-refractivity contribution in [1.82, 2.24) is 30.5 Å². The first-order valence-electron chi connectivity index (χ1n) is 8.74. The highest BCUT2D eigenvalue weighted by Crippen LogP contribution is 2.28. The Balaban J connectivity index is 1.85. The fourth-order valence-electron chi connectivity index (χ4n) is 2.89. The molecular formula is C18H19BrN6O4. The summed E-state index contributed by atoms with van der Waals surface area (Å²) in [7, 11) is 0. The molecule has 29 heavy (non-hydrogen) atoms. The lowest BCUT2D eigenvalue weighted by atomic mass is 9.99. The van der Waals surface area contributed by atoms with Gasteiger partial charge in [0.2, 0.25) is 5.82 Å². The van der Waals surface area contributed by atoms with E-state index in [0.29, 0.717) is 41.2 Å². The van der Waals surface area contributed by atoms with Crippen molar-refractivity contribution in [2.24, 2.45) is 0 Å². The smallest absolute Gasteiger partial charge is 0.317 e. The van der Waals surface area contributed by atoms with Crippen LogP contribution in [0.5, 0.6) is 0 Å². The molecule has 3 rings (SSSR count). The summed E-state index contributed by atoms with van der Waals surface area (Å²) in [4.78, 5) is 27.9. The van der Waals surface area contributed by atoms with Gasteiger partial charge in [-0.2, -0.15) is 4.80 Å². The molecule has 11 heteroatoms. The summed E-state index contributed by atoms with van der Waals surface area (Å²) >= 11 is 3.36. The molecule has 10 nitrogen and oxygen atoms in total. The largest absolute Gasteiger partial charge is 0.480 e. The van der Waals surface area contributed by atoms with Gasteiger partial charge in [0.15, 0.2) is 5.78 Å². The van der Waals surface area contributed by atoms with Crippen LogP contribution in [-0.2, 0) is 17.9 Å². The van der Waals surface area contributed by atoms with Crippen molar-refractivity contribution in [3.05, 3.63) is 51.1 Å². The van der Waals surface area contributed by atoms with E-state index in [1.54, 1.807) is 25.1 Å². The molecular weight excluding hydrogens is 444 g/mol. The van der Waals surface area contributed by atoms with Crippen LogP contribution in [0.2, 0.25) is 0 Å². The van der Waals surface area contributed by atoms with Crippen molar-refractivity contribution in [3.63, 3.8) is 0 Å². The molecule has 0 bridgehead atoms. The molecule has 0 aliphatic carbocycles. The number of aliphatic hydroxyl groups excluding tert-OH is 1.